The van der Waals surface area contributed by atoms with Crippen molar-refractivity contribution in [1.29, 1.82) is 0 Å². The number of thioether (sulfide) groups is 1. The maximum atomic E-state index is 13.3. The number of amides is 1. The molecule has 176 valence electrons. The summed E-state index contributed by atoms with van der Waals surface area (Å²) in [6, 6.07) is 10.5. The molecule has 2 fully saturated rings. The monoisotopic (exact) mass is 477 g/mol. The fourth-order valence-electron chi connectivity index (χ4n) is 4.74. The smallest absolute Gasteiger partial charge is 0.233 e. The molecule has 2 aliphatic heterocycles. The Morgan fingerprint density at radius 2 is 1.94 bits per heavy atom. The molecule has 1 atom stereocenters. The summed E-state index contributed by atoms with van der Waals surface area (Å²) in [6.45, 7) is 2.10. The molecule has 0 radical (unpaired) electrons. The van der Waals surface area contributed by atoms with Gasteiger partial charge in [0.05, 0.1) is 25.0 Å². The number of hydrogen-bond acceptors (Lipinski definition) is 7. The average Bonchev–Trinajstić information content (AvgIpc) is 3.51. The Balaban J connectivity index is 1.17. The lowest BCUT2D eigenvalue weighted by atomic mass is 10.0. The Labute approximate surface area is 202 Å². The lowest BCUT2D eigenvalue weighted by Crippen LogP contribution is -2.32. The van der Waals surface area contributed by atoms with E-state index in [1.54, 1.807) is 6.20 Å². The molecule has 1 saturated carbocycles. The van der Waals surface area contributed by atoms with Crippen molar-refractivity contribution < 1.29 is 14.3 Å². The van der Waals surface area contributed by atoms with Crippen LogP contribution in [0.4, 0.5) is 0 Å². The van der Waals surface area contributed by atoms with Crippen LogP contribution in [-0.2, 0) is 4.79 Å². The highest BCUT2D eigenvalue weighted by molar-refractivity contribution is 7.99. The number of carbonyl (C=O) groups excluding carboxylic acids is 1. The minimum Gasteiger partial charge on any atom is -0.490 e. The van der Waals surface area contributed by atoms with Crippen LogP contribution in [0.3, 0.4) is 0 Å². The third kappa shape index (κ3) is 4.24. The zero-order valence-electron chi connectivity index (χ0n) is 18.9. The van der Waals surface area contributed by atoms with Crippen LogP contribution in [0.25, 0.3) is 11.4 Å². The van der Waals surface area contributed by atoms with Gasteiger partial charge in [0.25, 0.3) is 0 Å². The fourth-order valence-corrected chi connectivity index (χ4v) is 5.63. The summed E-state index contributed by atoms with van der Waals surface area (Å²) in [5, 5.41) is 9.68. The van der Waals surface area contributed by atoms with E-state index >= 15 is 0 Å². The number of fused-ring (bicyclic) bond motifs is 1. The molecule has 4 heterocycles. The second kappa shape index (κ2) is 9.29. The zero-order valence-corrected chi connectivity index (χ0v) is 19.7. The van der Waals surface area contributed by atoms with Crippen molar-refractivity contribution in [3.63, 3.8) is 0 Å². The standard InChI is InChI=1S/C25H27N5O3S/c31-23(16-34-25-28-27-24(30(25)19-7-8-19)18-4-1-10-26-15-18)29-11-2-5-20(29)17-6-9-21-22(14-17)33-13-3-12-32-21/h1,4,6,9-10,14-15,19-20H,2-3,5,7-8,11-13,16H2/t20-/m1/s1. The Kier molecular flexibility index (Phi) is 5.86. The minimum absolute atomic E-state index is 0.0671. The topological polar surface area (TPSA) is 82.4 Å². The van der Waals surface area contributed by atoms with Gasteiger partial charge in [-0.1, -0.05) is 17.8 Å². The lowest BCUT2D eigenvalue weighted by molar-refractivity contribution is -0.129. The molecular weight excluding hydrogens is 450 g/mol. The number of aromatic nitrogens is 4. The predicted molar refractivity (Wildman–Crippen MR) is 128 cm³/mol. The second-order valence-electron chi connectivity index (χ2n) is 8.94. The molecule has 0 spiro atoms. The highest BCUT2D eigenvalue weighted by Gasteiger charge is 2.33. The summed E-state index contributed by atoms with van der Waals surface area (Å²) in [4.78, 5) is 19.5. The van der Waals surface area contributed by atoms with E-state index in [2.05, 4.69) is 25.8 Å². The minimum atomic E-state index is 0.0671. The van der Waals surface area contributed by atoms with E-state index in [4.69, 9.17) is 9.47 Å². The molecule has 3 aliphatic rings. The van der Waals surface area contributed by atoms with Gasteiger partial charge in [-0.15, -0.1) is 10.2 Å². The number of benzene rings is 1. The third-order valence-electron chi connectivity index (χ3n) is 6.55. The number of nitrogens with zero attached hydrogens (tertiary/aromatic N) is 5. The van der Waals surface area contributed by atoms with Gasteiger partial charge < -0.3 is 14.4 Å². The molecule has 6 rings (SSSR count). The SMILES string of the molecule is O=C(CSc1nnc(-c2cccnc2)n1C1CC1)N1CCC[C@@H]1c1ccc2c(c1)OCCCO2. The third-order valence-corrected chi connectivity index (χ3v) is 7.48. The van der Waals surface area contributed by atoms with Crippen molar-refractivity contribution in [2.24, 2.45) is 0 Å². The molecule has 1 aromatic carbocycles. The average molecular weight is 478 g/mol. The van der Waals surface area contributed by atoms with Gasteiger partial charge in [0.1, 0.15) is 0 Å². The first-order valence-electron chi connectivity index (χ1n) is 11.9. The van der Waals surface area contributed by atoms with Crippen molar-refractivity contribution in [1.82, 2.24) is 24.6 Å². The van der Waals surface area contributed by atoms with Gasteiger partial charge in [-0.05, 0) is 55.5 Å². The van der Waals surface area contributed by atoms with Crippen LogP contribution in [0.1, 0.15) is 49.8 Å². The molecular formula is C25H27N5O3S. The summed E-state index contributed by atoms with van der Waals surface area (Å²) in [5.41, 5.74) is 2.06. The van der Waals surface area contributed by atoms with Crippen LogP contribution in [0.2, 0.25) is 0 Å². The van der Waals surface area contributed by atoms with Gasteiger partial charge in [-0.25, -0.2) is 0 Å². The Morgan fingerprint density at radius 3 is 2.76 bits per heavy atom. The van der Waals surface area contributed by atoms with Crippen LogP contribution in [0.5, 0.6) is 11.5 Å². The van der Waals surface area contributed by atoms with Crippen LogP contribution < -0.4 is 9.47 Å². The first kappa shape index (κ1) is 21.5. The molecule has 0 bridgehead atoms. The molecule has 9 heteroatoms. The van der Waals surface area contributed by atoms with Crippen molar-refractivity contribution >= 4 is 17.7 Å². The van der Waals surface area contributed by atoms with Gasteiger partial charge in [-0.3, -0.25) is 14.3 Å². The number of ether oxygens (including phenoxy) is 2. The van der Waals surface area contributed by atoms with E-state index in [1.807, 2.05) is 35.4 Å². The van der Waals surface area contributed by atoms with Gasteiger partial charge >= 0.3 is 0 Å². The van der Waals surface area contributed by atoms with Crippen LogP contribution in [0, 0.1) is 0 Å². The number of carbonyl (C=O) groups is 1. The van der Waals surface area contributed by atoms with Crippen molar-refractivity contribution in [2.75, 3.05) is 25.5 Å². The maximum Gasteiger partial charge on any atom is 0.233 e. The Bertz CT molecular complexity index is 1180. The second-order valence-corrected chi connectivity index (χ2v) is 9.88. The number of likely N-dealkylation sites (tertiary alicyclic amines) is 1. The number of hydrogen-bond donors (Lipinski definition) is 0. The van der Waals surface area contributed by atoms with Gasteiger partial charge in [0.15, 0.2) is 22.5 Å². The van der Waals surface area contributed by atoms with Crippen LogP contribution >= 0.6 is 11.8 Å². The highest BCUT2D eigenvalue weighted by atomic mass is 32.2. The highest BCUT2D eigenvalue weighted by Crippen LogP contribution is 2.42. The fraction of sp³-hybridized carbons (Fsp3) is 0.440. The number of rotatable bonds is 6. The van der Waals surface area contributed by atoms with Gasteiger partial charge in [0, 0.05) is 37.0 Å². The molecule has 3 aromatic rings. The maximum absolute atomic E-state index is 13.3. The Morgan fingerprint density at radius 1 is 1.06 bits per heavy atom. The van der Waals surface area contributed by atoms with E-state index < -0.39 is 0 Å². The van der Waals surface area contributed by atoms with Crippen LogP contribution in [0.15, 0.2) is 47.9 Å². The van der Waals surface area contributed by atoms with E-state index in [9.17, 15) is 4.79 Å². The first-order chi connectivity index (χ1) is 16.8. The van der Waals surface area contributed by atoms with E-state index in [0.717, 1.165) is 72.3 Å². The molecule has 2 aromatic heterocycles. The van der Waals surface area contributed by atoms with Crippen molar-refractivity contribution in [3.05, 3.63) is 48.3 Å². The van der Waals surface area contributed by atoms with Gasteiger partial charge in [0.2, 0.25) is 5.91 Å². The molecule has 8 nitrogen and oxygen atoms in total. The Hall–Kier alpha value is -3.07. The molecule has 1 saturated heterocycles. The molecule has 0 N–H and O–H groups in total. The van der Waals surface area contributed by atoms with E-state index in [-0.39, 0.29) is 11.9 Å². The summed E-state index contributed by atoms with van der Waals surface area (Å²) in [7, 11) is 0. The van der Waals surface area contributed by atoms with Crippen LogP contribution in [-0.4, -0.2) is 56.1 Å². The molecule has 34 heavy (non-hydrogen) atoms. The van der Waals surface area contributed by atoms with Gasteiger partial charge in [-0.2, -0.15) is 0 Å². The van der Waals surface area contributed by atoms with E-state index in [1.165, 1.54) is 11.8 Å². The zero-order chi connectivity index (χ0) is 22.9. The predicted octanol–water partition coefficient (Wildman–Crippen LogP) is 4.29. The summed E-state index contributed by atoms with van der Waals surface area (Å²) in [6.07, 6.45) is 8.63. The first-order valence-corrected chi connectivity index (χ1v) is 12.9. The molecule has 1 aliphatic carbocycles. The quantitative estimate of drug-likeness (QED) is 0.490. The largest absolute Gasteiger partial charge is 0.490 e. The van der Waals surface area contributed by atoms with Crippen molar-refractivity contribution in [3.8, 4) is 22.9 Å². The molecule has 1 amide bonds. The lowest BCUT2D eigenvalue weighted by Gasteiger charge is -2.25. The van der Waals surface area contributed by atoms with Crippen molar-refractivity contribution in [2.45, 2.75) is 49.3 Å². The molecule has 0 unspecified atom stereocenters. The summed E-state index contributed by atoms with van der Waals surface area (Å²) in [5.74, 6) is 2.88. The summed E-state index contributed by atoms with van der Waals surface area (Å²) < 4.78 is 13.8. The van der Waals surface area contributed by atoms with E-state index in [0.29, 0.717) is 25.0 Å². The summed E-state index contributed by atoms with van der Waals surface area (Å²) >= 11 is 1.48. The normalized spacial score (nSPS) is 19.8. The number of pyridine rings is 1.